The molecule has 9 N–H and O–H groups in total. The first kappa shape index (κ1) is 39.4. The minimum absolute atomic E-state index is 0.0821. The molecule has 0 bridgehead atoms. The number of aliphatic hydroxyl groups excluding tert-OH is 2. The number of nitrogens with two attached hydrogens (primary N) is 1. The Kier molecular flexibility index (Phi) is 10.7. The number of ether oxygens (including phenoxy) is 1. The van der Waals surface area contributed by atoms with Crippen LogP contribution in [0.2, 0.25) is 0 Å². The van der Waals surface area contributed by atoms with E-state index in [0.29, 0.717) is 49.6 Å². The maximum atomic E-state index is 13.0. The molecule has 22 heteroatoms. The van der Waals surface area contributed by atoms with Crippen LogP contribution in [0.1, 0.15) is 48.5 Å². The smallest absolute Gasteiger partial charge is 0.319 e. The normalized spacial score (nSPS) is 20.7. The van der Waals surface area contributed by atoms with Gasteiger partial charge in [0.25, 0.3) is 0 Å². The molecule has 3 aromatic heterocycles. The monoisotopic (exact) mass is 827 g/mol. The molecule has 1 unspecified atom stereocenters. The molecule has 0 saturated carbocycles. The van der Waals surface area contributed by atoms with Gasteiger partial charge in [-0.05, 0) is 78.2 Å². The molecule has 0 radical (unpaired) electrons. The average molecular weight is 828 g/mol. The van der Waals surface area contributed by atoms with E-state index in [9.17, 15) is 33.6 Å². The third kappa shape index (κ3) is 8.29. The van der Waals surface area contributed by atoms with Crippen molar-refractivity contribution in [2.75, 3.05) is 35.2 Å². The molecule has 2 amide bonds. The number of hydrogen-bond donors (Lipinski definition) is 8. The molecule has 3 aromatic carbocycles. The van der Waals surface area contributed by atoms with E-state index < -0.39 is 40.6 Å². The number of aromatic hydroxyl groups is 2. The number of fused-ring (bicyclic) bond motifs is 1. The number of carbonyl (C=O) groups is 1. The second-order valence-electron chi connectivity index (χ2n) is 14.2. The number of aromatic nitrogens is 8. The molecule has 2 aliphatic rings. The number of carbonyl (C=O) groups excluding carboxylic acids is 1. The van der Waals surface area contributed by atoms with E-state index in [0.717, 1.165) is 11.1 Å². The fraction of sp³-hybridized carbons (Fsp3) is 0.324. The van der Waals surface area contributed by atoms with Gasteiger partial charge >= 0.3 is 6.03 Å². The van der Waals surface area contributed by atoms with Gasteiger partial charge in [-0.2, -0.15) is 14.8 Å². The van der Waals surface area contributed by atoms with Gasteiger partial charge in [-0.1, -0.05) is 24.3 Å². The number of phenolic OH excluding ortho intramolecular Hbond substituents is 2. The number of benzene rings is 3. The lowest BCUT2D eigenvalue weighted by Gasteiger charge is -2.22. The summed E-state index contributed by atoms with van der Waals surface area (Å²) in [5.41, 5.74) is 2.74. The minimum atomic E-state index is -3.89. The SMILES string of the molecule is CCn1nnc([C@H]2O[C@@H](n3cnc4c(NCC(c5ccc(O)cc5)c5ccc(O)cc5)nc(N5CCC(NC(=O)Nc6ccc(S(N)(=O)=O)cc6)C5)nc43)[C@H](O)[C@@H]2O)n1. The first-order valence-electron chi connectivity index (χ1n) is 18.7. The average Bonchev–Trinajstić information content (AvgIpc) is 4.03. The topological polar surface area (TPSA) is 294 Å². The van der Waals surface area contributed by atoms with E-state index in [1.165, 1.54) is 40.0 Å². The number of primary sulfonamides is 1. The van der Waals surface area contributed by atoms with Crippen LogP contribution in [-0.4, -0.2) is 112 Å². The zero-order chi connectivity index (χ0) is 41.4. The Hall–Kier alpha value is -6.46. The Morgan fingerprint density at radius 2 is 1.64 bits per heavy atom. The van der Waals surface area contributed by atoms with Crippen LogP contribution in [0, 0.1) is 0 Å². The summed E-state index contributed by atoms with van der Waals surface area (Å²) in [6.07, 6.45) is -3.09. The molecule has 59 heavy (non-hydrogen) atoms. The van der Waals surface area contributed by atoms with Crippen LogP contribution in [-0.2, 0) is 21.3 Å². The van der Waals surface area contributed by atoms with Crippen molar-refractivity contribution in [3.63, 3.8) is 0 Å². The predicted octanol–water partition coefficient (Wildman–Crippen LogP) is 1.53. The van der Waals surface area contributed by atoms with Crippen LogP contribution >= 0.6 is 0 Å². The summed E-state index contributed by atoms with van der Waals surface area (Å²) in [7, 11) is -3.89. The summed E-state index contributed by atoms with van der Waals surface area (Å²) in [4.78, 5) is 30.5. The van der Waals surface area contributed by atoms with E-state index >= 15 is 0 Å². The van der Waals surface area contributed by atoms with Gasteiger partial charge < -0.3 is 46.0 Å². The van der Waals surface area contributed by atoms with Crippen LogP contribution < -0.4 is 26.0 Å². The van der Waals surface area contributed by atoms with Gasteiger partial charge in [0.05, 0.1) is 17.8 Å². The number of hydrogen-bond acceptors (Lipinski definition) is 16. The van der Waals surface area contributed by atoms with Crippen LogP contribution in [0.25, 0.3) is 11.2 Å². The number of rotatable bonds is 12. The highest BCUT2D eigenvalue weighted by molar-refractivity contribution is 7.89. The summed E-state index contributed by atoms with van der Waals surface area (Å²) in [5, 5.41) is 68.9. The molecular formula is C37H41N13O8S. The number of sulfonamides is 1. The highest BCUT2D eigenvalue weighted by atomic mass is 32.2. The molecule has 2 fully saturated rings. The summed E-state index contributed by atoms with van der Waals surface area (Å²) in [6.45, 7) is 3.35. The van der Waals surface area contributed by atoms with Crippen molar-refractivity contribution >= 4 is 44.7 Å². The Morgan fingerprint density at radius 1 is 0.966 bits per heavy atom. The van der Waals surface area contributed by atoms with E-state index in [1.54, 1.807) is 24.3 Å². The van der Waals surface area contributed by atoms with E-state index in [1.807, 2.05) is 36.1 Å². The maximum Gasteiger partial charge on any atom is 0.319 e. The van der Waals surface area contributed by atoms with Crippen molar-refractivity contribution in [1.82, 2.24) is 45.0 Å². The summed E-state index contributed by atoms with van der Waals surface area (Å²) >= 11 is 0. The zero-order valence-corrected chi connectivity index (χ0v) is 32.3. The largest absolute Gasteiger partial charge is 0.508 e. The quantitative estimate of drug-likeness (QED) is 0.0868. The van der Waals surface area contributed by atoms with Gasteiger partial charge in [-0.25, -0.2) is 23.3 Å². The second kappa shape index (κ2) is 16.1. The number of amides is 2. The molecule has 6 aromatic rings. The van der Waals surface area contributed by atoms with Gasteiger partial charge in [0, 0.05) is 37.3 Å². The van der Waals surface area contributed by atoms with Gasteiger partial charge in [-0.3, -0.25) is 4.57 Å². The molecule has 5 heterocycles. The number of aliphatic hydroxyl groups is 2. The number of urea groups is 1. The van der Waals surface area contributed by atoms with Crippen LogP contribution in [0.5, 0.6) is 11.5 Å². The summed E-state index contributed by atoms with van der Waals surface area (Å²) in [5.74, 6) is 0.693. The van der Waals surface area contributed by atoms with Crippen molar-refractivity contribution in [2.24, 2.45) is 5.14 Å². The highest BCUT2D eigenvalue weighted by Gasteiger charge is 2.47. The number of nitrogens with one attached hydrogen (secondary N) is 3. The molecule has 21 nitrogen and oxygen atoms in total. The molecule has 2 saturated heterocycles. The molecule has 0 spiro atoms. The minimum Gasteiger partial charge on any atom is -0.508 e. The predicted molar refractivity (Wildman–Crippen MR) is 211 cm³/mol. The summed E-state index contributed by atoms with van der Waals surface area (Å²) < 4.78 is 30.9. The van der Waals surface area contributed by atoms with Gasteiger partial charge in [-0.15, -0.1) is 10.2 Å². The standard InChI is InChI=1S/C37H41N13O8S/c1-2-50-46-33(45-47-50)31-29(53)30(54)35(58-31)49-19-40-28-32(39-17-27(20-3-9-24(51)10-4-20)21-5-11-25(52)12-6-21)43-36(44-34(28)49)48-16-15-23(18-48)42-37(55)41-22-7-13-26(14-8-22)59(38,56)57/h3-14,19,23,27,29-31,35,51-54H,2,15-18H2,1H3,(H2,38,56,57)(H,39,43,44)(H2,41,42,55)/t23?,29-,30+,31-,35+/m0/s1. The fourth-order valence-electron chi connectivity index (χ4n) is 7.14. The van der Waals surface area contributed by atoms with E-state index in [-0.39, 0.29) is 45.8 Å². The molecule has 0 aliphatic carbocycles. The second-order valence-corrected chi connectivity index (χ2v) is 15.7. The number of anilines is 3. The van der Waals surface area contributed by atoms with Gasteiger partial charge in [0.2, 0.25) is 21.8 Å². The molecule has 2 aliphatic heterocycles. The van der Waals surface area contributed by atoms with Gasteiger partial charge in [0.1, 0.15) is 23.7 Å². The molecule has 308 valence electrons. The van der Waals surface area contributed by atoms with Crippen molar-refractivity contribution in [3.8, 4) is 11.5 Å². The van der Waals surface area contributed by atoms with Crippen LogP contribution in [0.15, 0.2) is 84.0 Å². The molecule has 5 atom stereocenters. The van der Waals surface area contributed by atoms with E-state index in [4.69, 9.17) is 19.8 Å². The fourth-order valence-corrected chi connectivity index (χ4v) is 7.66. The summed E-state index contributed by atoms with van der Waals surface area (Å²) in [6, 6.07) is 18.3. The lowest BCUT2D eigenvalue weighted by Crippen LogP contribution is -2.40. The molecular weight excluding hydrogens is 787 g/mol. The van der Waals surface area contributed by atoms with Crippen LogP contribution in [0.4, 0.5) is 22.2 Å². The third-order valence-corrected chi connectivity index (χ3v) is 11.2. The third-order valence-electron chi connectivity index (χ3n) is 10.2. The maximum absolute atomic E-state index is 13.0. The lowest BCUT2D eigenvalue weighted by molar-refractivity contribution is -0.0384. The van der Waals surface area contributed by atoms with Crippen molar-refractivity contribution < 1.29 is 38.4 Å². The Balaban J connectivity index is 1.08. The van der Waals surface area contributed by atoms with Crippen molar-refractivity contribution in [1.29, 1.82) is 0 Å². The van der Waals surface area contributed by atoms with Crippen LogP contribution in [0.3, 0.4) is 0 Å². The Labute approximate surface area is 336 Å². The first-order valence-corrected chi connectivity index (χ1v) is 20.2. The number of phenols is 2. The highest BCUT2D eigenvalue weighted by Crippen LogP contribution is 2.39. The van der Waals surface area contributed by atoms with Gasteiger partial charge in [0.15, 0.2) is 29.3 Å². The first-order chi connectivity index (χ1) is 28.3. The Bertz CT molecular complexity index is 2510. The number of nitrogens with zero attached hydrogens (tertiary/aromatic N) is 9. The van der Waals surface area contributed by atoms with E-state index in [2.05, 4.69) is 36.3 Å². The molecule has 8 rings (SSSR count). The van der Waals surface area contributed by atoms with Crippen molar-refractivity contribution in [3.05, 3.63) is 96.1 Å². The number of tetrazole rings is 1. The lowest BCUT2D eigenvalue weighted by atomic mass is 9.91. The number of imidazole rings is 1. The zero-order valence-electron chi connectivity index (χ0n) is 31.4. The number of aryl methyl sites for hydroxylation is 1. The Morgan fingerprint density at radius 3 is 2.27 bits per heavy atom. The van der Waals surface area contributed by atoms with Crippen molar-refractivity contribution in [2.45, 2.75) is 61.3 Å².